The summed E-state index contributed by atoms with van der Waals surface area (Å²) in [5.41, 5.74) is 3.09. The average Bonchev–Trinajstić information content (AvgIpc) is 2.45. The Hall–Kier alpha value is -1.94. The highest BCUT2D eigenvalue weighted by atomic mass is 19.1. The quantitative estimate of drug-likeness (QED) is 0.905. The average molecular weight is 273 g/mol. The van der Waals surface area contributed by atoms with Gasteiger partial charge in [0.05, 0.1) is 6.20 Å². The van der Waals surface area contributed by atoms with Gasteiger partial charge < -0.3 is 10.2 Å². The summed E-state index contributed by atoms with van der Waals surface area (Å²) >= 11 is 0. The van der Waals surface area contributed by atoms with E-state index in [2.05, 4.69) is 23.3 Å². The number of nitrogens with zero attached hydrogens (tertiary/aromatic N) is 2. The minimum Gasteiger partial charge on any atom is -0.329 e. The summed E-state index contributed by atoms with van der Waals surface area (Å²) in [5, 5.41) is 3.22. The highest BCUT2D eigenvalue weighted by molar-refractivity contribution is 5.65. The van der Waals surface area contributed by atoms with Crippen molar-refractivity contribution in [1.82, 2.24) is 10.3 Å². The van der Waals surface area contributed by atoms with Crippen LogP contribution in [0.15, 0.2) is 36.5 Å². The lowest BCUT2D eigenvalue weighted by Gasteiger charge is -2.23. The molecule has 0 fully saturated rings. The van der Waals surface area contributed by atoms with Crippen LogP contribution in [0.4, 0.5) is 15.9 Å². The Labute approximate surface area is 119 Å². The number of hydrogen-bond acceptors (Lipinski definition) is 3. The first-order valence-corrected chi connectivity index (χ1v) is 6.78. The monoisotopic (exact) mass is 273 g/mol. The number of para-hydroxylation sites is 1. The second-order valence-corrected chi connectivity index (χ2v) is 4.76. The molecule has 0 spiro atoms. The predicted octanol–water partition coefficient (Wildman–Crippen LogP) is 3.41. The maximum atomic E-state index is 13.4. The molecule has 0 aliphatic carbocycles. The van der Waals surface area contributed by atoms with Crippen LogP contribution in [-0.2, 0) is 6.54 Å². The van der Waals surface area contributed by atoms with E-state index < -0.39 is 0 Å². The molecular weight excluding hydrogens is 253 g/mol. The number of anilines is 2. The molecule has 0 saturated carbocycles. The lowest BCUT2D eigenvalue weighted by molar-refractivity contribution is 0.614. The molecule has 2 rings (SSSR count). The highest BCUT2D eigenvalue weighted by Gasteiger charge is 2.13. The number of pyridine rings is 1. The van der Waals surface area contributed by atoms with Crippen molar-refractivity contribution in [3.8, 4) is 0 Å². The number of rotatable bonds is 5. The van der Waals surface area contributed by atoms with Crippen molar-refractivity contribution in [2.75, 3.05) is 18.5 Å². The van der Waals surface area contributed by atoms with Gasteiger partial charge in [0, 0.05) is 24.8 Å². The lowest BCUT2D eigenvalue weighted by Crippen LogP contribution is -2.19. The SMILES string of the molecule is CCNCc1cc(F)cnc1N(C)c1ccccc1C. The number of aromatic nitrogens is 1. The van der Waals surface area contributed by atoms with Gasteiger partial charge in [-0.15, -0.1) is 0 Å². The molecule has 3 nitrogen and oxygen atoms in total. The molecule has 0 saturated heterocycles. The van der Waals surface area contributed by atoms with Gasteiger partial charge in [0.25, 0.3) is 0 Å². The van der Waals surface area contributed by atoms with E-state index in [1.54, 1.807) is 6.07 Å². The number of benzene rings is 1. The van der Waals surface area contributed by atoms with E-state index in [1.807, 2.05) is 37.1 Å². The summed E-state index contributed by atoms with van der Waals surface area (Å²) in [6, 6.07) is 9.63. The molecule has 1 aromatic carbocycles. The Morgan fingerprint density at radius 2 is 2.05 bits per heavy atom. The fourth-order valence-electron chi connectivity index (χ4n) is 2.22. The summed E-state index contributed by atoms with van der Waals surface area (Å²) in [7, 11) is 1.96. The van der Waals surface area contributed by atoms with E-state index in [-0.39, 0.29) is 5.82 Å². The van der Waals surface area contributed by atoms with Crippen LogP contribution in [0.1, 0.15) is 18.1 Å². The van der Waals surface area contributed by atoms with Crippen LogP contribution >= 0.6 is 0 Å². The minimum absolute atomic E-state index is 0.306. The molecule has 2 aromatic rings. The van der Waals surface area contributed by atoms with E-state index in [1.165, 1.54) is 6.20 Å². The molecule has 0 aliphatic rings. The Kier molecular flexibility index (Phi) is 4.69. The molecule has 0 radical (unpaired) electrons. The zero-order valence-electron chi connectivity index (χ0n) is 12.2. The van der Waals surface area contributed by atoms with Gasteiger partial charge in [-0.2, -0.15) is 0 Å². The van der Waals surface area contributed by atoms with Crippen molar-refractivity contribution in [1.29, 1.82) is 0 Å². The van der Waals surface area contributed by atoms with Crippen LogP contribution in [0.3, 0.4) is 0 Å². The first-order chi connectivity index (χ1) is 9.63. The summed E-state index contributed by atoms with van der Waals surface area (Å²) < 4.78 is 13.4. The van der Waals surface area contributed by atoms with Crippen molar-refractivity contribution in [2.45, 2.75) is 20.4 Å². The van der Waals surface area contributed by atoms with Crippen LogP contribution < -0.4 is 10.2 Å². The van der Waals surface area contributed by atoms with Crippen LogP contribution in [0.2, 0.25) is 0 Å². The van der Waals surface area contributed by atoms with Crippen molar-refractivity contribution >= 4 is 11.5 Å². The number of hydrogen-bond donors (Lipinski definition) is 1. The van der Waals surface area contributed by atoms with Gasteiger partial charge in [-0.1, -0.05) is 25.1 Å². The van der Waals surface area contributed by atoms with E-state index in [9.17, 15) is 4.39 Å². The number of aryl methyl sites for hydroxylation is 1. The molecule has 1 N–H and O–H groups in total. The maximum Gasteiger partial charge on any atom is 0.141 e. The maximum absolute atomic E-state index is 13.4. The Morgan fingerprint density at radius 3 is 2.75 bits per heavy atom. The Morgan fingerprint density at radius 1 is 1.30 bits per heavy atom. The second kappa shape index (κ2) is 6.48. The number of nitrogens with one attached hydrogen (secondary N) is 1. The molecule has 0 aliphatic heterocycles. The topological polar surface area (TPSA) is 28.2 Å². The van der Waals surface area contributed by atoms with Gasteiger partial charge in [0.2, 0.25) is 0 Å². The number of halogens is 1. The van der Waals surface area contributed by atoms with Gasteiger partial charge in [-0.05, 0) is 31.2 Å². The van der Waals surface area contributed by atoms with Gasteiger partial charge >= 0.3 is 0 Å². The lowest BCUT2D eigenvalue weighted by atomic mass is 10.1. The van der Waals surface area contributed by atoms with Crippen LogP contribution in [-0.4, -0.2) is 18.6 Å². The molecule has 0 atom stereocenters. The fraction of sp³-hybridized carbons (Fsp3) is 0.312. The van der Waals surface area contributed by atoms with Gasteiger partial charge in [0.15, 0.2) is 0 Å². The second-order valence-electron chi connectivity index (χ2n) is 4.76. The summed E-state index contributed by atoms with van der Waals surface area (Å²) in [6.45, 7) is 5.52. The standard InChI is InChI=1S/C16H20FN3/c1-4-18-10-13-9-14(17)11-19-16(13)20(3)15-8-6-5-7-12(15)2/h5-9,11,18H,4,10H2,1-3H3. The summed E-state index contributed by atoms with van der Waals surface area (Å²) in [6.07, 6.45) is 1.26. The van der Waals surface area contributed by atoms with Crippen molar-refractivity contribution in [3.05, 3.63) is 53.5 Å². The normalized spacial score (nSPS) is 10.6. The third-order valence-corrected chi connectivity index (χ3v) is 3.27. The van der Waals surface area contributed by atoms with E-state index in [4.69, 9.17) is 0 Å². The third-order valence-electron chi connectivity index (χ3n) is 3.27. The smallest absolute Gasteiger partial charge is 0.141 e. The summed E-state index contributed by atoms with van der Waals surface area (Å²) in [5.74, 6) is 0.474. The van der Waals surface area contributed by atoms with E-state index in [0.717, 1.165) is 29.2 Å². The van der Waals surface area contributed by atoms with Crippen LogP contribution in [0.5, 0.6) is 0 Å². The first-order valence-electron chi connectivity index (χ1n) is 6.78. The molecular formula is C16H20FN3. The van der Waals surface area contributed by atoms with Gasteiger partial charge in [-0.25, -0.2) is 9.37 Å². The molecule has 0 bridgehead atoms. The van der Waals surface area contributed by atoms with Crippen LogP contribution in [0, 0.1) is 12.7 Å². The molecule has 1 aromatic heterocycles. The van der Waals surface area contributed by atoms with Gasteiger partial charge in [-0.3, -0.25) is 0 Å². The minimum atomic E-state index is -0.306. The van der Waals surface area contributed by atoms with Crippen molar-refractivity contribution < 1.29 is 4.39 Å². The van der Waals surface area contributed by atoms with Crippen molar-refractivity contribution in [3.63, 3.8) is 0 Å². The molecule has 1 heterocycles. The fourth-order valence-corrected chi connectivity index (χ4v) is 2.22. The largest absolute Gasteiger partial charge is 0.329 e. The summed E-state index contributed by atoms with van der Waals surface area (Å²) in [4.78, 5) is 6.26. The Bertz CT molecular complexity index is 584. The highest BCUT2D eigenvalue weighted by Crippen LogP contribution is 2.27. The van der Waals surface area contributed by atoms with Gasteiger partial charge in [0.1, 0.15) is 11.6 Å². The van der Waals surface area contributed by atoms with Crippen LogP contribution in [0.25, 0.3) is 0 Å². The van der Waals surface area contributed by atoms with Crippen molar-refractivity contribution in [2.24, 2.45) is 0 Å². The first kappa shape index (κ1) is 14.5. The zero-order valence-corrected chi connectivity index (χ0v) is 12.2. The predicted molar refractivity (Wildman–Crippen MR) is 80.8 cm³/mol. The molecule has 106 valence electrons. The zero-order chi connectivity index (χ0) is 14.5. The van der Waals surface area contributed by atoms with E-state index >= 15 is 0 Å². The molecule has 0 amide bonds. The molecule has 0 unspecified atom stereocenters. The van der Waals surface area contributed by atoms with E-state index in [0.29, 0.717) is 6.54 Å². The molecule has 20 heavy (non-hydrogen) atoms. The molecule has 4 heteroatoms. The third kappa shape index (κ3) is 3.14. The Balaban J connectivity index is 2.38.